The Kier molecular flexibility index (Phi) is 6.29. The summed E-state index contributed by atoms with van der Waals surface area (Å²) in [6.45, 7) is 4.68. The van der Waals surface area contributed by atoms with Crippen LogP contribution < -0.4 is 0 Å². The van der Waals surface area contributed by atoms with Crippen LogP contribution in [0.1, 0.15) is 117 Å². The van der Waals surface area contributed by atoms with E-state index < -0.39 is 17.1 Å². The lowest BCUT2D eigenvalue weighted by atomic mass is 9.51. The maximum absolute atomic E-state index is 13.5. The van der Waals surface area contributed by atoms with Crippen molar-refractivity contribution >= 4 is 0 Å². The van der Waals surface area contributed by atoms with Crippen molar-refractivity contribution in [3.8, 4) is 0 Å². The molecule has 5 rings (SSSR count). The number of fused-ring (bicyclic) bond motifs is 5. The zero-order valence-corrected chi connectivity index (χ0v) is 20.9. The average molecular weight is 465 g/mol. The molecule has 4 saturated carbocycles. The quantitative estimate of drug-likeness (QED) is 0.415. The van der Waals surface area contributed by atoms with Crippen molar-refractivity contribution in [3.05, 3.63) is 11.6 Å². The van der Waals surface area contributed by atoms with E-state index in [4.69, 9.17) is 0 Å². The van der Waals surface area contributed by atoms with Crippen LogP contribution in [-0.4, -0.2) is 27.3 Å². The molecule has 4 heteroatoms. The van der Waals surface area contributed by atoms with Gasteiger partial charge in [0.1, 0.15) is 0 Å². The number of rotatable bonds is 5. The van der Waals surface area contributed by atoms with E-state index >= 15 is 0 Å². The number of halogens is 2. The summed E-state index contributed by atoms with van der Waals surface area (Å²) in [5, 5.41) is 21.7. The van der Waals surface area contributed by atoms with E-state index in [-0.39, 0.29) is 25.7 Å². The van der Waals surface area contributed by atoms with Gasteiger partial charge >= 0.3 is 0 Å². The van der Waals surface area contributed by atoms with Crippen LogP contribution in [0.25, 0.3) is 0 Å². The molecule has 5 aliphatic rings. The summed E-state index contributed by atoms with van der Waals surface area (Å²) in [6.07, 6.45) is 16.0. The zero-order chi connectivity index (χ0) is 23.5. The highest BCUT2D eigenvalue weighted by molar-refractivity contribution is 5.22. The Bertz CT molecular complexity index is 753. The molecule has 4 fully saturated rings. The van der Waals surface area contributed by atoms with Gasteiger partial charge in [-0.3, -0.25) is 0 Å². The zero-order valence-electron chi connectivity index (χ0n) is 20.9. The fourth-order valence-electron chi connectivity index (χ4n) is 9.26. The van der Waals surface area contributed by atoms with Crippen LogP contribution in [0.15, 0.2) is 11.6 Å². The lowest BCUT2D eigenvalue weighted by molar-refractivity contribution is -0.107. The van der Waals surface area contributed by atoms with Gasteiger partial charge in [-0.15, -0.1) is 0 Å². The van der Waals surface area contributed by atoms with Crippen LogP contribution in [0.3, 0.4) is 0 Å². The van der Waals surface area contributed by atoms with E-state index in [2.05, 4.69) is 19.9 Å². The molecule has 0 aromatic carbocycles. The van der Waals surface area contributed by atoms with Crippen molar-refractivity contribution in [2.45, 2.75) is 134 Å². The van der Waals surface area contributed by atoms with Crippen molar-refractivity contribution in [3.63, 3.8) is 0 Å². The molecule has 188 valence electrons. The van der Waals surface area contributed by atoms with Gasteiger partial charge in [0.2, 0.25) is 5.92 Å². The Morgan fingerprint density at radius 2 is 1.67 bits per heavy atom. The molecule has 7 atom stereocenters. The van der Waals surface area contributed by atoms with Gasteiger partial charge in [-0.25, -0.2) is 8.78 Å². The van der Waals surface area contributed by atoms with Crippen molar-refractivity contribution in [2.24, 2.45) is 35.0 Å². The third-order valence-corrected chi connectivity index (χ3v) is 11.6. The van der Waals surface area contributed by atoms with Crippen molar-refractivity contribution in [1.82, 2.24) is 0 Å². The summed E-state index contributed by atoms with van der Waals surface area (Å²) in [5.74, 6) is 1.28. The van der Waals surface area contributed by atoms with Crippen molar-refractivity contribution in [1.29, 1.82) is 0 Å². The Hall–Kier alpha value is -0.480. The maximum atomic E-state index is 13.5. The van der Waals surface area contributed by atoms with E-state index in [1.807, 2.05) is 0 Å². The SMILES string of the molecule is CC[C@]1(O)CC[C@H]2C(=CC[C@@H]3[C@@H]2CC[C@]2(C)[C@@H](CCCC4(O)CCC(F)(F)CC4)CC[C@@H]32)C1. The summed E-state index contributed by atoms with van der Waals surface area (Å²) in [6, 6.07) is 0. The second kappa shape index (κ2) is 8.57. The Morgan fingerprint density at radius 3 is 2.39 bits per heavy atom. The molecule has 2 N–H and O–H groups in total. The fraction of sp³-hybridized carbons (Fsp3) is 0.931. The highest BCUT2D eigenvalue weighted by Crippen LogP contribution is 2.64. The standard InChI is InChI=1S/C29H46F2O2/c1-3-27(32)14-11-22-20(19-27)6-8-24-23(22)10-13-26(2)21(7-9-25(24)26)5-4-12-28(33)15-17-29(30,31)18-16-28/h6,21-25,32-33H,3-5,7-19H2,1-2H3/t21-,22-,23+,24+,25-,26+,27-/m0/s1. The molecule has 0 unspecified atom stereocenters. The number of aliphatic hydroxyl groups is 2. The van der Waals surface area contributed by atoms with Crippen LogP contribution in [0.2, 0.25) is 0 Å². The summed E-state index contributed by atoms with van der Waals surface area (Å²) in [5.41, 5.74) is 0.656. The monoisotopic (exact) mass is 464 g/mol. The fourth-order valence-corrected chi connectivity index (χ4v) is 9.26. The van der Waals surface area contributed by atoms with E-state index in [0.29, 0.717) is 17.8 Å². The first kappa shape index (κ1) is 24.2. The van der Waals surface area contributed by atoms with Gasteiger partial charge in [-0.05, 0) is 118 Å². The first-order valence-electron chi connectivity index (χ1n) is 14.1. The van der Waals surface area contributed by atoms with Gasteiger partial charge in [-0.2, -0.15) is 0 Å². The van der Waals surface area contributed by atoms with E-state index in [1.165, 1.54) is 38.5 Å². The van der Waals surface area contributed by atoms with Crippen molar-refractivity contribution < 1.29 is 19.0 Å². The molecule has 0 radical (unpaired) electrons. The molecule has 0 amide bonds. The van der Waals surface area contributed by atoms with Gasteiger partial charge < -0.3 is 10.2 Å². The summed E-state index contributed by atoms with van der Waals surface area (Å²) >= 11 is 0. The molecule has 2 nitrogen and oxygen atoms in total. The van der Waals surface area contributed by atoms with Crippen LogP contribution in [-0.2, 0) is 0 Å². The van der Waals surface area contributed by atoms with Gasteiger partial charge in [0.25, 0.3) is 0 Å². The second-order valence-electron chi connectivity index (χ2n) is 13.1. The van der Waals surface area contributed by atoms with E-state index in [1.54, 1.807) is 5.57 Å². The highest BCUT2D eigenvalue weighted by atomic mass is 19.3. The molecule has 0 bridgehead atoms. The van der Waals surface area contributed by atoms with Crippen LogP contribution in [0.5, 0.6) is 0 Å². The van der Waals surface area contributed by atoms with E-state index in [9.17, 15) is 19.0 Å². The molecule has 0 spiro atoms. The first-order valence-corrected chi connectivity index (χ1v) is 14.1. The third kappa shape index (κ3) is 4.46. The highest BCUT2D eigenvalue weighted by Gasteiger charge is 2.56. The van der Waals surface area contributed by atoms with Gasteiger partial charge in [0.05, 0.1) is 11.2 Å². The van der Waals surface area contributed by atoms with Crippen molar-refractivity contribution in [2.75, 3.05) is 0 Å². The molecule has 0 aromatic rings. The number of hydrogen-bond donors (Lipinski definition) is 2. The molecule has 33 heavy (non-hydrogen) atoms. The van der Waals surface area contributed by atoms with Crippen LogP contribution >= 0.6 is 0 Å². The predicted octanol–water partition coefficient (Wildman–Crippen LogP) is 7.43. The summed E-state index contributed by atoms with van der Waals surface area (Å²) < 4.78 is 27.0. The number of allylic oxidation sites excluding steroid dienone is 1. The smallest absolute Gasteiger partial charge is 0.248 e. The summed E-state index contributed by atoms with van der Waals surface area (Å²) in [4.78, 5) is 0. The average Bonchev–Trinajstić information content (AvgIpc) is 3.12. The van der Waals surface area contributed by atoms with Crippen LogP contribution in [0, 0.1) is 35.0 Å². The number of hydrogen-bond acceptors (Lipinski definition) is 2. The van der Waals surface area contributed by atoms with E-state index in [0.717, 1.165) is 55.8 Å². The number of alkyl halides is 2. The molecular weight excluding hydrogens is 418 g/mol. The minimum absolute atomic E-state index is 0.151. The minimum atomic E-state index is -2.57. The van der Waals surface area contributed by atoms with Crippen LogP contribution in [0.4, 0.5) is 8.78 Å². The largest absolute Gasteiger partial charge is 0.390 e. The Morgan fingerprint density at radius 1 is 0.909 bits per heavy atom. The van der Waals surface area contributed by atoms with Gasteiger partial charge in [0, 0.05) is 12.8 Å². The lowest BCUT2D eigenvalue weighted by Gasteiger charge is -2.54. The topological polar surface area (TPSA) is 40.5 Å². The second-order valence-corrected chi connectivity index (χ2v) is 13.1. The molecular formula is C29H46F2O2. The van der Waals surface area contributed by atoms with Gasteiger partial charge in [-0.1, -0.05) is 31.9 Å². The molecule has 5 aliphatic carbocycles. The molecule has 0 heterocycles. The van der Waals surface area contributed by atoms with Gasteiger partial charge in [0.15, 0.2) is 0 Å². The first-order chi connectivity index (χ1) is 15.6. The normalized spacial score (nSPS) is 46.1. The lowest BCUT2D eigenvalue weighted by Crippen LogP contribution is -2.47. The maximum Gasteiger partial charge on any atom is 0.248 e. The molecule has 0 saturated heterocycles. The molecule has 0 aromatic heterocycles. The molecule has 0 aliphatic heterocycles. The Labute approximate surface area is 199 Å². The Balaban J connectivity index is 1.20. The summed E-state index contributed by atoms with van der Waals surface area (Å²) in [7, 11) is 0. The predicted molar refractivity (Wildman–Crippen MR) is 128 cm³/mol. The third-order valence-electron chi connectivity index (χ3n) is 11.6. The minimum Gasteiger partial charge on any atom is -0.390 e.